The molecule has 0 bridgehead atoms. The third-order valence-corrected chi connectivity index (χ3v) is 4.58. The molecule has 0 spiro atoms. The number of carbonyl (C=O) groups is 2. The Bertz CT molecular complexity index is 478. The molecule has 134 valence electrons. The van der Waals surface area contributed by atoms with Crippen molar-refractivity contribution >= 4 is 35.3 Å². The average Bonchev–Trinajstić information content (AvgIpc) is 2.57. The number of aromatic nitrogens is 2. The summed E-state index contributed by atoms with van der Waals surface area (Å²) in [6.45, 7) is 0. The summed E-state index contributed by atoms with van der Waals surface area (Å²) in [5, 5.41) is 1.56. The van der Waals surface area contributed by atoms with E-state index in [4.69, 9.17) is 0 Å². The fourth-order valence-electron chi connectivity index (χ4n) is 1.61. The van der Waals surface area contributed by atoms with Crippen LogP contribution in [0.3, 0.4) is 0 Å². The first-order valence-electron chi connectivity index (χ1n) is 7.38. The average molecular weight is 374 g/mol. The molecule has 0 saturated carbocycles. The third kappa shape index (κ3) is 9.71. The lowest BCUT2D eigenvalue weighted by atomic mass is 10.3. The monoisotopic (exact) mass is 374 g/mol. The molecule has 1 heterocycles. The van der Waals surface area contributed by atoms with E-state index in [1.807, 2.05) is 6.07 Å². The van der Waals surface area contributed by atoms with Crippen molar-refractivity contribution in [2.24, 2.45) is 0 Å². The maximum Gasteiger partial charge on any atom is 0.243 e. The summed E-state index contributed by atoms with van der Waals surface area (Å²) in [6.07, 6.45) is 3.99. The summed E-state index contributed by atoms with van der Waals surface area (Å²) in [7, 11) is 2.82. The molecule has 2 N–H and O–H groups in total. The molecule has 0 fully saturated rings. The van der Waals surface area contributed by atoms with Gasteiger partial charge in [-0.15, -0.1) is 11.8 Å². The molecule has 0 aromatic carbocycles. The molecule has 1 aromatic heterocycles. The van der Waals surface area contributed by atoms with Crippen molar-refractivity contribution in [3.05, 3.63) is 12.3 Å². The predicted molar refractivity (Wildman–Crippen MR) is 92.3 cm³/mol. The smallest absolute Gasteiger partial charge is 0.243 e. The van der Waals surface area contributed by atoms with E-state index in [2.05, 4.69) is 30.6 Å². The number of hydrogen-bond donors (Lipinski definition) is 2. The fraction of sp³-hybridized carbons (Fsp3) is 0.571. The van der Waals surface area contributed by atoms with Crippen LogP contribution in [0, 0.1) is 0 Å². The van der Waals surface area contributed by atoms with Crippen molar-refractivity contribution < 1.29 is 19.3 Å². The van der Waals surface area contributed by atoms with Gasteiger partial charge in [-0.3, -0.25) is 19.3 Å². The molecule has 8 nitrogen and oxygen atoms in total. The van der Waals surface area contributed by atoms with Gasteiger partial charge < -0.3 is 0 Å². The van der Waals surface area contributed by atoms with Gasteiger partial charge in [0.1, 0.15) is 5.03 Å². The Labute approximate surface area is 149 Å². The Morgan fingerprint density at radius 2 is 1.62 bits per heavy atom. The second-order valence-electron chi connectivity index (χ2n) is 4.54. The number of hydroxylamine groups is 2. The molecule has 0 aliphatic heterocycles. The number of nitrogens with one attached hydrogen (secondary N) is 2. The summed E-state index contributed by atoms with van der Waals surface area (Å²) >= 11 is 3.09. The second kappa shape index (κ2) is 13.0. The van der Waals surface area contributed by atoms with Crippen LogP contribution in [0.1, 0.15) is 25.7 Å². The summed E-state index contributed by atoms with van der Waals surface area (Å²) in [4.78, 5) is 40.2. The topological polar surface area (TPSA) is 102 Å². The SMILES string of the molecule is CONC(=O)CCCSc1ccnc(SCCCC(=O)NOC)n1. The molecule has 0 unspecified atom stereocenters. The first-order chi connectivity index (χ1) is 11.7. The molecule has 0 aliphatic carbocycles. The molecule has 2 amide bonds. The second-order valence-corrected chi connectivity index (χ2v) is 6.72. The Morgan fingerprint density at radius 1 is 1.04 bits per heavy atom. The maximum absolute atomic E-state index is 11.2. The number of rotatable bonds is 12. The lowest BCUT2D eigenvalue weighted by Crippen LogP contribution is -2.21. The fourth-order valence-corrected chi connectivity index (χ4v) is 3.24. The van der Waals surface area contributed by atoms with Gasteiger partial charge in [-0.2, -0.15) is 0 Å². The van der Waals surface area contributed by atoms with Crippen molar-refractivity contribution in [2.45, 2.75) is 35.9 Å². The van der Waals surface area contributed by atoms with E-state index in [1.165, 1.54) is 26.0 Å². The standard InChI is InChI=1S/C14H22N4O4S2/c1-21-17-11(19)5-3-9-23-13-7-8-15-14(16-13)24-10-4-6-12(20)18-22-2/h7-8H,3-6,9-10H2,1-2H3,(H,17,19)(H,18,20). The van der Waals surface area contributed by atoms with Gasteiger partial charge in [0.2, 0.25) is 11.8 Å². The van der Waals surface area contributed by atoms with E-state index in [0.717, 1.165) is 29.4 Å². The summed E-state index contributed by atoms with van der Waals surface area (Å²) in [6, 6.07) is 1.84. The predicted octanol–water partition coefficient (Wildman–Crippen LogP) is 1.58. The Hall–Kier alpha value is -1.36. The minimum Gasteiger partial charge on any atom is -0.277 e. The largest absolute Gasteiger partial charge is 0.277 e. The van der Waals surface area contributed by atoms with Gasteiger partial charge in [-0.25, -0.2) is 20.9 Å². The van der Waals surface area contributed by atoms with Crippen LogP contribution in [0.25, 0.3) is 0 Å². The van der Waals surface area contributed by atoms with E-state index in [1.54, 1.807) is 18.0 Å². The molecule has 1 rings (SSSR count). The van der Waals surface area contributed by atoms with Gasteiger partial charge >= 0.3 is 0 Å². The van der Waals surface area contributed by atoms with Crippen LogP contribution in [0.4, 0.5) is 0 Å². The van der Waals surface area contributed by atoms with Gasteiger partial charge in [-0.05, 0) is 24.7 Å². The molecule has 10 heteroatoms. The molecule has 24 heavy (non-hydrogen) atoms. The first kappa shape index (κ1) is 20.7. The Kier molecular flexibility index (Phi) is 11.2. The zero-order chi connectivity index (χ0) is 17.6. The zero-order valence-electron chi connectivity index (χ0n) is 13.7. The van der Waals surface area contributed by atoms with Crippen molar-refractivity contribution in [1.29, 1.82) is 0 Å². The van der Waals surface area contributed by atoms with Gasteiger partial charge in [-0.1, -0.05) is 11.8 Å². The van der Waals surface area contributed by atoms with Crippen LogP contribution in [0.5, 0.6) is 0 Å². The van der Waals surface area contributed by atoms with Crippen LogP contribution < -0.4 is 11.0 Å². The van der Waals surface area contributed by atoms with Crippen molar-refractivity contribution in [2.75, 3.05) is 25.7 Å². The van der Waals surface area contributed by atoms with Gasteiger partial charge in [0, 0.05) is 24.8 Å². The van der Waals surface area contributed by atoms with E-state index >= 15 is 0 Å². The van der Waals surface area contributed by atoms with E-state index in [0.29, 0.717) is 18.0 Å². The summed E-state index contributed by atoms with van der Waals surface area (Å²) in [5.74, 6) is 1.27. The number of nitrogens with zero attached hydrogens (tertiary/aromatic N) is 2. The van der Waals surface area contributed by atoms with Gasteiger partial charge in [0.15, 0.2) is 5.16 Å². The Balaban J connectivity index is 2.23. The van der Waals surface area contributed by atoms with E-state index in [-0.39, 0.29) is 11.8 Å². The molecule has 0 radical (unpaired) electrons. The minimum atomic E-state index is -0.138. The highest BCUT2D eigenvalue weighted by molar-refractivity contribution is 7.99. The zero-order valence-corrected chi connectivity index (χ0v) is 15.4. The van der Waals surface area contributed by atoms with E-state index < -0.39 is 0 Å². The van der Waals surface area contributed by atoms with Crippen LogP contribution in [-0.4, -0.2) is 47.5 Å². The molecule has 0 atom stereocenters. The maximum atomic E-state index is 11.2. The summed E-state index contributed by atoms with van der Waals surface area (Å²) in [5.41, 5.74) is 4.56. The van der Waals surface area contributed by atoms with Crippen molar-refractivity contribution in [3.8, 4) is 0 Å². The van der Waals surface area contributed by atoms with E-state index in [9.17, 15) is 9.59 Å². The third-order valence-electron chi connectivity index (χ3n) is 2.62. The van der Waals surface area contributed by atoms with Crippen LogP contribution >= 0.6 is 23.5 Å². The lowest BCUT2D eigenvalue weighted by Gasteiger charge is -2.04. The molecule has 0 saturated heterocycles. The van der Waals surface area contributed by atoms with Gasteiger partial charge in [0.25, 0.3) is 0 Å². The van der Waals surface area contributed by atoms with Crippen molar-refractivity contribution in [3.63, 3.8) is 0 Å². The van der Waals surface area contributed by atoms with Crippen LogP contribution in [0.2, 0.25) is 0 Å². The lowest BCUT2D eigenvalue weighted by molar-refractivity contribution is -0.132. The Morgan fingerprint density at radius 3 is 2.21 bits per heavy atom. The molecular weight excluding hydrogens is 352 g/mol. The highest BCUT2D eigenvalue weighted by Gasteiger charge is 2.05. The number of thioether (sulfide) groups is 2. The van der Waals surface area contributed by atoms with Crippen LogP contribution in [0.15, 0.2) is 22.4 Å². The first-order valence-corrected chi connectivity index (χ1v) is 9.35. The quantitative estimate of drug-likeness (QED) is 0.187. The van der Waals surface area contributed by atoms with Gasteiger partial charge in [0.05, 0.1) is 14.2 Å². The van der Waals surface area contributed by atoms with Crippen LogP contribution in [-0.2, 0) is 19.3 Å². The molecule has 1 aromatic rings. The highest BCUT2D eigenvalue weighted by Crippen LogP contribution is 2.20. The molecule has 0 aliphatic rings. The number of carbonyl (C=O) groups excluding carboxylic acids is 2. The normalized spacial score (nSPS) is 10.4. The number of amides is 2. The minimum absolute atomic E-state index is 0.130. The number of hydrogen-bond acceptors (Lipinski definition) is 8. The van der Waals surface area contributed by atoms with Crippen molar-refractivity contribution in [1.82, 2.24) is 20.9 Å². The highest BCUT2D eigenvalue weighted by atomic mass is 32.2. The molecular formula is C14H22N4O4S2. The summed E-state index contributed by atoms with van der Waals surface area (Å²) < 4.78 is 0.